The smallest absolute Gasteiger partial charge is 0.116 e. The van der Waals surface area contributed by atoms with E-state index in [0.717, 1.165) is 10.6 Å². The summed E-state index contributed by atoms with van der Waals surface area (Å²) in [6.45, 7) is 0. The van der Waals surface area contributed by atoms with Crippen LogP contribution in [-0.2, 0) is 0 Å². The van der Waals surface area contributed by atoms with Crippen LogP contribution in [0.4, 0.5) is 0 Å². The normalized spacial score (nSPS) is 13.3. The van der Waals surface area contributed by atoms with E-state index < -0.39 is 0 Å². The minimum absolute atomic E-state index is 0.254. The molecule has 0 saturated heterocycles. The van der Waals surface area contributed by atoms with Gasteiger partial charge in [0.15, 0.2) is 0 Å². The van der Waals surface area contributed by atoms with Crippen molar-refractivity contribution in [2.45, 2.75) is 0 Å². The Labute approximate surface area is 69.4 Å². The molecule has 0 amide bonds. The van der Waals surface area contributed by atoms with Crippen molar-refractivity contribution in [1.82, 2.24) is 5.32 Å². The monoisotopic (exact) mass is 160 g/mol. The quantitative estimate of drug-likeness (QED) is 0.553. The van der Waals surface area contributed by atoms with Crippen LogP contribution in [0, 0.1) is 0 Å². The highest BCUT2D eigenvalue weighted by Gasteiger charge is 1.90. The molecule has 0 atom stereocenters. The van der Waals surface area contributed by atoms with E-state index in [0.29, 0.717) is 0 Å². The minimum atomic E-state index is 0.254. The number of fused-ring (bicyclic) bond motifs is 1. The van der Waals surface area contributed by atoms with Crippen LogP contribution in [0.1, 0.15) is 0 Å². The number of benzene rings is 1. The Kier molecular flexibility index (Phi) is 1.55. The van der Waals surface area contributed by atoms with Gasteiger partial charge in [-0.05, 0) is 18.2 Å². The van der Waals surface area contributed by atoms with Crippen molar-refractivity contribution in [2.75, 3.05) is 0 Å². The van der Waals surface area contributed by atoms with E-state index in [4.69, 9.17) is 0 Å². The summed E-state index contributed by atoms with van der Waals surface area (Å²) < 4.78 is 0. The SMILES string of the molecule is Oc1ccc2c(c1)=CNC=CN=2. The van der Waals surface area contributed by atoms with Gasteiger partial charge in [0.05, 0.1) is 5.36 Å². The van der Waals surface area contributed by atoms with Crippen LogP contribution in [0.15, 0.2) is 35.6 Å². The third-order valence-electron chi connectivity index (χ3n) is 1.63. The first-order valence-corrected chi connectivity index (χ1v) is 3.64. The molecule has 3 heteroatoms. The lowest BCUT2D eigenvalue weighted by molar-refractivity contribution is 0.474. The van der Waals surface area contributed by atoms with Gasteiger partial charge in [0, 0.05) is 23.8 Å². The molecule has 1 aromatic carbocycles. The van der Waals surface area contributed by atoms with Crippen molar-refractivity contribution >= 4 is 6.20 Å². The maximum absolute atomic E-state index is 9.17. The number of nitrogens with one attached hydrogen (secondary N) is 1. The lowest BCUT2D eigenvalue weighted by Gasteiger charge is -1.90. The van der Waals surface area contributed by atoms with Crippen LogP contribution in [0.2, 0.25) is 0 Å². The van der Waals surface area contributed by atoms with Crippen LogP contribution >= 0.6 is 0 Å². The van der Waals surface area contributed by atoms with E-state index in [1.54, 1.807) is 36.8 Å². The summed E-state index contributed by atoms with van der Waals surface area (Å²) in [6, 6.07) is 5.06. The van der Waals surface area contributed by atoms with E-state index in [1.807, 2.05) is 0 Å². The second kappa shape index (κ2) is 2.70. The van der Waals surface area contributed by atoms with Crippen LogP contribution in [0.3, 0.4) is 0 Å². The number of hydrogen-bond donors (Lipinski definition) is 2. The Morgan fingerprint density at radius 3 is 3.17 bits per heavy atom. The number of phenols is 1. The molecular formula is C9H8N2O. The molecule has 1 aromatic rings. The molecule has 0 aromatic heterocycles. The summed E-state index contributed by atoms with van der Waals surface area (Å²) in [6.07, 6.45) is 5.21. The summed E-state index contributed by atoms with van der Waals surface area (Å²) in [5.41, 5.74) is 0. The van der Waals surface area contributed by atoms with E-state index in [1.165, 1.54) is 0 Å². The lowest BCUT2D eigenvalue weighted by atomic mass is 10.3. The standard InChI is InChI=1S/C9H8N2O/c12-8-1-2-9-7(5-8)6-10-3-4-11-9/h1-6,10,12H. The van der Waals surface area contributed by atoms with Crippen LogP contribution in [0.5, 0.6) is 5.75 Å². The minimum Gasteiger partial charge on any atom is -0.508 e. The highest BCUT2D eigenvalue weighted by Crippen LogP contribution is 1.98. The molecule has 0 bridgehead atoms. The van der Waals surface area contributed by atoms with Gasteiger partial charge in [-0.1, -0.05) is 0 Å². The fourth-order valence-corrected chi connectivity index (χ4v) is 1.07. The van der Waals surface area contributed by atoms with Crippen molar-refractivity contribution in [3.05, 3.63) is 41.2 Å². The number of hydrogen-bond acceptors (Lipinski definition) is 3. The van der Waals surface area contributed by atoms with Gasteiger partial charge in [-0.25, -0.2) is 0 Å². The van der Waals surface area contributed by atoms with Gasteiger partial charge in [0.25, 0.3) is 0 Å². The number of phenolic OH excluding ortho intramolecular Hbond substituents is 1. The van der Waals surface area contributed by atoms with Gasteiger partial charge in [-0.2, -0.15) is 0 Å². The largest absolute Gasteiger partial charge is 0.508 e. The second-order valence-electron chi connectivity index (χ2n) is 2.50. The first-order chi connectivity index (χ1) is 5.86. The summed E-state index contributed by atoms with van der Waals surface area (Å²) >= 11 is 0. The summed E-state index contributed by atoms with van der Waals surface area (Å²) in [7, 11) is 0. The van der Waals surface area contributed by atoms with E-state index >= 15 is 0 Å². The summed E-state index contributed by atoms with van der Waals surface area (Å²) in [4.78, 5) is 4.14. The van der Waals surface area contributed by atoms with E-state index in [9.17, 15) is 5.11 Å². The Balaban J connectivity index is 2.78. The number of nitrogens with zero attached hydrogens (tertiary/aromatic N) is 1. The third kappa shape index (κ3) is 1.16. The molecule has 12 heavy (non-hydrogen) atoms. The molecule has 2 N–H and O–H groups in total. The fraction of sp³-hybridized carbons (Fsp3) is 0. The number of aromatic hydroxyl groups is 1. The molecule has 2 rings (SSSR count). The molecule has 0 radical (unpaired) electrons. The molecule has 0 fully saturated rings. The second-order valence-corrected chi connectivity index (χ2v) is 2.50. The molecule has 0 unspecified atom stereocenters. The van der Waals surface area contributed by atoms with Gasteiger partial charge >= 0.3 is 0 Å². The molecule has 1 aliphatic rings. The maximum atomic E-state index is 9.17. The number of rotatable bonds is 0. The Morgan fingerprint density at radius 2 is 2.25 bits per heavy atom. The van der Waals surface area contributed by atoms with Crippen molar-refractivity contribution in [2.24, 2.45) is 4.99 Å². The molecule has 0 spiro atoms. The first-order valence-electron chi connectivity index (χ1n) is 3.64. The van der Waals surface area contributed by atoms with Crippen molar-refractivity contribution in [3.8, 4) is 5.75 Å². The topological polar surface area (TPSA) is 44.6 Å². The summed E-state index contributed by atoms with van der Waals surface area (Å²) in [5, 5.41) is 13.8. The molecule has 3 nitrogen and oxygen atoms in total. The van der Waals surface area contributed by atoms with Crippen LogP contribution in [0.25, 0.3) is 6.20 Å². The predicted molar refractivity (Wildman–Crippen MR) is 45.6 cm³/mol. The average molecular weight is 160 g/mol. The van der Waals surface area contributed by atoms with Crippen molar-refractivity contribution in [3.63, 3.8) is 0 Å². The average Bonchev–Trinajstić information content (AvgIpc) is 2.28. The van der Waals surface area contributed by atoms with Gasteiger partial charge in [0.1, 0.15) is 5.75 Å². The van der Waals surface area contributed by atoms with Gasteiger partial charge in [-0.15, -0.1) is 0 Å². The van der Waals surface area contributed by atoms with Crippen LogP contribution in [-0.4, -0.2) is 5.11 Å². The third-order valence-corrected chi connectivity index (χ3v) is 1.63. The van der Waals surface area contributed by atoms with Gasteiger partial charge in [-0.3, -0.25) is 4.99 Å². The van der Waals surface area contributed by atoms with E-state index in [2.05, 4.69) is 10.3 Å². The van der Waals surface area contributed by atoms with Gasteiger partial charge < -0.3 is 10.4 Å². The Hall–Kier alpha value is -1.77. The van der Waals surface area contributed by atoms with Crippen molar-refractivity contribution < 1.29 is 5.11 Å². The first kappa shape index (κ1) is 6.91. The van der Waals surface area contributed by atoms with E-state index in [-0.39, 0.29) is 5.75 Å². The zero-order chi connectivity index (χ0) is 8.39. The fourth-order valence-electron chi connectivity index (χ4n) is 1.07. The molecule has 1 heterocycles. The van der Waals surface area contributed by atoms with Gasteiger partial charge in [0.2, 0.25) is 0 Å². The predicted octanol–water partition coefficient (Wildman–Crippen LogP) is -0.176. The molecule has 0 aliphatic carbocycles. The molecule has 0 saturated carbocycles. The van der Waals surface area contributed by atoms with Crippen molar-refractivity contribution in [1.29, 1.82) is 0 Å². The lowest BCUT2D eigenvalue weighted by Crippen LogP contribution is -2.24. The highest BCUT2D eigenvalue weighted by molar-refractivity contribution is 5.30. The zero-order valence-corrected chi connectivity index (χ0v) is 6.36. The molecule has 60 valence electrons. The highest BCUT2D eigenvalue weighted by atomic mass is 16.3. The van der Waals surface area contributed by atoms with Crippen LogP contribution < -0.4 is 15.9 Å². The maximum Gasteiger partial charge on any atom is 0.116 e. The summed E-state index contributed by atoms with van der Waals surface area (Å²) in [5.74, 6) is 0.254. The Morgan fingerprint density at radius 1 is 1.33 bits per heavy atom. The zero-order valence-electron chi connectivity index (χ0n) is 6.36. The molecular weight excluding hydrogens is 152 g/mol. The molecule has 1 aliphatic heterocycles. The Bertz CT molecular complexity index is 434.